The van der Waals surface area contributed by atoms with E-state index in [0.29, 0.717) is 11.0 Å². The molecule has 9 aromatic rings. The predicted molar refractivity (Wildman–Crippen MR) is 179 cm³/mol. The van der Waals surface area contributed by atoms with Gasteiger partial charge in [0.25, 0.3) is 0 Å². The Morgan fingerprint density at radius 3 is 1.56 bits per heavy atom. The molecule has 9 rings (SSSR count). The zero-order valence-electron chi connectivity index (χ0n) is 22.9. The molecule has 0 atom stereocenters. The molecule has 0 aliphatic heterocycles. The van der Waals surface area contributed by atoms with Gasteiger partial charge in [-0.05, 0) is 59.7 Å². The van der Waals surface area contributed by atoms with Crippen molar-refractivity contribution in [3.8, 4) is 22.6 Å². The van der Waals surface area contributed by atoms with Crippen molar-refractivity contribution in [1.29, 1.82) is 0 Å². The van der Waals surface area contributed by atoms with Crippen LogP contribution in [0, 0.1) is 0 Å². The SMILES string of the molecule is Clc1nc2ccccc2nc1-n1c2ccccc2c2ccc(-c3ccc4c5ccccc5n(-c5ccccc5)c4c3)cc21. The van der Waals surface area contributed by atoms with E-state index in [2.05, 4.69) is 124 Å². The maximum Gasteiger partial charge on any atom is 0.176 e. The van der Waals surface area contributed by atoms with Crippen molar-refractivity contribution in [1.82, 2.24) is 19.1 Å². The Morgan fingerprint density at radius 1 is 0.419 bits per heavy atom. The van der Waals surface area contributed by atoms with E-state index in [0.717, 1.165) is 49.7 Å². The molecule has 0 saturated carbocycles. The molecule has 0 aliphatic rings. The molecule has 0 radical (unpaired) electrons. The van der Waals surface area contributed by atoms with Crippen molar-refractivity contribution in [2.45, 2.75) is 0 Å². The van der Waals surface area contributed by atoms with Gasteiger partial charge < -0.3 is 4.57 Å². The highest BCUT2D eigenvalue weighted by molar-refractivity contribution is 6.31. The van der Waals surface area contributed by atoms with Crippen LogP contribution in [0.15, 0.2) is 140 Å². The molecule has 5 heteroatoms. The summed E-state index contributed by atoms with van der Waals surface area (Å²) in [5, 5.41) is 5.14. The molecule has 43 heavy (non-hydrogen) atoms. The first-order chi connectivity index (χ1) is 21.2. The highest BCUT2D eigenvalue weighted by atomic mass is 35.5. The maximum absolute atomic E-state index is 6.83. The molecule has 6 aromatic carbocycles. The van der Waals surface area contributed by atoms with Crippen LogP contribution >= 0.6 is 11.6 Å². The third kappa shape index (κ3) is 3.64. The van der Waals surface area contributed by atoms with E-state index in [9.17, 15) is 0 Å². The average Bonchev–Trinajstić information content (AvgIpc) is 3.57. The molecule has 0 fully saturated rings. The minimum Gasteiger partial charge on any atom is -0.309 e. The molecular weight excluding hydrogens is 548 g/mol. The van der Waals surface area contributed by atoms with Gasteiger partial charge in [-0.2, -0.15) is 0 Å². The number of halogens is 1. The van der Waals surface area contributed by atoms with Gasteiger partial charge in [0.05, 0.1) is 33.1 Å². The third-order valence-corrected chi connectivity index (χ3v) is 8.67. The Balaban J connectivity index is 1.31. The summed E-state index contributed by atoms with van der Waals surface area (Å²) in [6.07, 6.45) is 0. The van der Waals surface area contributed by atoms with E-state index in [-0.39, 0.29) is 0 Å². The lowest BCUT2D eigenvalue weighted by atomic mass is 10.0. The zero-order valence-corrected chi connectivity index (χ0v) is 23.7. The average molecular weight is 571 g/mol. The smallest absolute Gasteiger partial charge is 0.176 e. The van der Waals surface area contributed by atoms with E-state index in [1.807, 2.05) is 24.3 Å². The van der Waals surface area contributed by atoms with Gasteiger partial charge in [0.1, 0.15) is 0 Å². The van der Waals surface area contributed by atoms with Gasteiger partial charge in [0, 0.05) is 27.2 Å². The van der Waals surface area contributed by atoms with Crippen molar-refractivity contribution < 1.29 is 0 Å². The number of aromatic nitrogens is 4. The van der Waals surface area contributed by atoms with Gasteiger partial charge in [-0.3, -0.25) is 4.57 Å². The van der Waals surface area contributed by atoms with Crippen LogP contribution in [0.4, 0.5) is 0 Å². The summed E-state index contributed by atoms with van der Waals surface area (Å²) < 4.78 is 4.50. The molecule has 0 N–H and O–H groups in total. The van der Waals surface area contributed by atoms with Gasteiger partial charge in [0.15, 0.2) is 11.0 Å². The highest BCUT2D eigenvalue weighted by Crippen LogP contribution is 2.38. The minimum absolute atomic E-state index is 0.376. The summed E-state index contributed by atoms with van der Waals surface area (Å²) in [7, 11) is 0. The van der Waals surface area contributed by atoms with Gasteiger partial charge >= 0.3 is 0 Å². The fraction of sp³-hybridized carbons (Fsp3) is 0. The van der Waals surface area contributed by atoms with Crippen LogP contribution < -0.4 is 0 Å². The largest absolute Gasteiger partial charge is 0.309 e. The second-order valence-electron chi connectivity index (χ2n) is 10.8. The first-order valence-corrected chi connectivity index (χ1v) is 14.7. The van der Waals surface area contributed by atoms with Crippen LogP contribution in [-0.2, 0) is 0 Å². The number of fused-ring (bicyclic) bond motifs is 7. The number of hydrogen-bond acceptors (Lipinski definition) is 2. The van der Waals surface area contributed by atoms with E-state index in [4.69, 9.17) is 21.6 Å². The number of benzene rings is 6. The molecule has 0 aliphatic carbocycles. The van der Waals surface area contributed by atoms with Gasteiger partial charge in [-0.15, -0.1) is 0 Å². The Labute approximate surface area is 252 Å². The van der Waals surface area contributed by atoms with Crippen LogP contribution in [0.25, 0.3) is 77.3 Å². The fourth-order valence-electron chi connectivity index (χ4n) is 6.50. The Bertz CT molecular complexity index is 2520. The van der Waals surface area contributed by atoms with Crippen molar-refractivity contribution in [2.75, 3.05) is 0 Å². The van der Waals surface area contributed by atoms with Crippen LogP contribution in [0.2, 0.25) is 5.15 Å². The molecule has 0 saturated heterocycles. The summed E-state index contributed by atoms with van der Waals surface area (Å²) in [5.74, 6) is 0.628. The number of para-hydroxylation sites is 5. The zero-order chi connectivity index (χ0) is 28.5. The molecule has 202 valence electrons. The second-order valence-corrected chi connectivity index (χ2v) is 11.2. The summed E-state index contributed by atoms with van der Waals surface area (Å²) in [6, 6.07) is 48.9. The molecule has 0 spiro atoms. The number of nitrogens with zero attached hydrogens (tertiary/aromatic N) is 4. The minimum atomic E-state index is 0.376. The van der Waals surface area contributed by atoms with Crippen LogP contribution in [0.3, 0.4) is 0 Å². The standard InChI is InChI=1S/C38H23ClN4/c39-37-38(41-32-15-7-6-14-31(32)40-37)43-34-17-9-5-13-28(34)30-21-19-25(23-36(30)43)24-18-20-29-27-12-4-8-16-33(27)42(35(29)22-24)26-10-2-1-3-11-26/h1-23H. The summed E-state index contributed by atoms with van der Waals surface area (Å²) >= 11 is 6.83. The lowest BCUT2D eigenvalue weighted by molar-refractivity contribution is 1.08. The van der Waals surface area contributed by atoms with Gasteiger partial charge in [-0.1, -0.05) is 103 Å². The van der Waals surface area contributed by atoms with Crippen molar-refractivity contribution >= 4 is 66.2 Å². The van der Waals surface area contributed by atoms with Gasteiger partial charge in [0.2, 0.25) is 0 Å². The third-order valence-electron chi connectivity index (χ3n) is 8.42. The quantitative estimate of drug-likeness (QED) is 0.212. The molecular formula is C38H23ClN4. The van der Waals surface area contributed by atoms with Crippen molar-refractivity contribution in [2.24, 2.45) is 0 Å². The summed E-state index contributed by atoms with van der Waals surface area (Å²) in [6.45, 7) is 0. The predicted octanol–water partition coefficient (Wildman–Crippen LogP) is 10.1. The van der Waals surface area contributed by atoms with E-state index < -0.39 is 0 Å². The van der Waals surface area contributed by atoms with E-state index in [1.54, 1.807) is 0 Å². The van der Waals surface area contributed by atoms with Crippen molar-refractivity contribution in [3.63, 3.8) is 0 Å². The van der Waals surface area contributed by atoms with Crippen LogP contribution in [0.5, 0.6) is 0 Å². The Hall–Kier alpha value is -5.45. The second kappa shape index (κ2) is 9.28. The first kappa shape index (κ1) is 24.2. The van der Waals surface area contributed by atoms with E-state index in [1.165, 1.54) is 21.8 Å². The summed E-state index contributed by atoms with van der Waals surface area (Å²) in [5.41, 5.74) is 9.44. The normalized spacial score (nSPS) is 11.8. The molecule has 4 nitrogen and oxygen atoms in total. The van der Waals surface area contributed by atoms with Crippen LogP contribution in [0.1, 0.15) is 0 Å². The Kier molecular flexibility index (Phi) is 5.22. The fourth-order valence-corrected chi connectivity index (χ4v) is 6.71. The first-order valence-electron chi connectivity index (χ1n) is 14.3. The molecule has 0 unspecified atom stereocenters. The number of hydrogen-bond donors (Lipinski definition) is 0. The monoisotopic (exact) mass is 570 g/mol. The maximum atomic E-state index is 6.83. The van der Waals surface area contributed by atoms with Gasteiger partial charge in [-0.25, -0.2) is 9.97 Å². The highest BCUT2D eigenvalue weighted by Gasteiger charge is 2.18. The topological polar surface area (TPSA) is 35.6 Å². The van der Waals surface area contributed by atoms with E-state index >= 15 is 0 Å². The molecule has 3 heterocycles. The molecule has 3 aromatic heterocycles. The lowest BCUT2D eigenvalue weighted by Gasteiger charge is -2.11. The lowest BCUT2D eigenvalue weighted by Crippen LogP contribution is -2.01. The van der Waals surface area contributed by atoms with Crippen molar-refractivity contribution in [3.05, 3.63) is 145 Å². The van der Waals surface area contributed by atoms with Crippen LogP contribution in [-0.4, -0.2) is 19.1 Å². The molecule has 0 amide bonds. The molecule has 0 bridgehead atoms. The summed E-state index contributed by atoms with van der Waals surface area (Å²) in [4.78, 5) is 9.69. The Morgan fingerprint density at radius 2 is 0.907 bits per heavy atom. The number of rotatable bonds is 3.